The molecule has 2 aromatic rings. The van der Waals surface area contributed by atoms with Crippen LogP contribution in [0.25, 0.3) is 0 Å². The maximum atomic E-state index is 13.0. The number of nitrogens with zero attached hydrogens (tertiary/aromatic N) is 3. The number of aromatic nitrogens is 2. The van der Waals surface area contributed by atoms with Crippen LogP contribution in [0, 0.1) is 13.8 Å². The number of nitrogens with one attached hydrogen (secondary N) is 1. The summed E-state index contributed by atoms with van der Waals surface area (Å²) >= 11 is 0. The zero-order valence-electron chi connectivity index (χ0n) is 16.5. The number of aromatic amines is 1. The van der Waals surface area contributed by atoms with E-state index in [0.717, 1.165) is 12.8 Å². The van der Waals surface area contributed by atoms with Crippen molar-refractivity contribution in [3.8, 4) is 0 Å². The first-order valence-corrected chi connectivity index (χ1v) is 11.2. The third kappa shape index (κ3) is 4.62. The number of hydrogen-bond donors (Lipinski definition) is 1. The number of rotatable bonds is 6. The van der Waals surface area contributed by atoms with Crippen molar-refractivity contribution in [1.82, 2.24) is 19.4 Å². The minimum absolute atomic E-state index is 0.103. The van der Waals surface area contributed by atoms with Gasteiger partial charge in [0.2, 0.25) is 15.9 Å². The minimum Gasteiger partial charge on any atom is -0.341 e. The van der Waals surface area contributed by atoms with Crippen LogP contribution in [0.3, 0.4) is 0 Å². The zero-order valence-corrected chi connectivity index (χ0v) is 17.3. The third-order valence-corrected chi connectivity index (χ3v) is 7.33. The SMILES string of the molecule is Cc1n[nH]c(C)c1S(=O)(=O)N1CCCN(C(=O)CCCc2ccccc2)CC1. The van der Waals surface area contributed by atoms with E-state index < -0.39 is 10.0 Å². The monoisotopic (exact) mass is 404 g/mol. The van der Waals surface area contributed by atoms with Gasteiger partial charge in [-0.1, -0.05) is 30.3 Å². The maximum Gasteiger partial charge on any atom is 0.246 e. The highest BCUT2D eigenvalue weighted by Gasteiger charge is 2.31. The molecule has 0 spiro atoms. The summed E-state index contributed by atoms with van der Waals surface area (Å²) in [7, 11) is -3.60. The molecule has 8 heteroatoms. The van der Waals surface area contributed by atoms with Crippen molar-refractivity contribution in [2.24, 2.45) is 0 Å². The minimum atomic E-state index is -3.60. The Hall–Kier alpha value is -2.19. The molecule has 1 fully saturated rings. The normalized spacial score (nSPS) is 16.1. The lowest BCUT2D eigenvalue weighted by Crippen LogP contribution is -2.37. The Labute approximate surface area is 166 Å². The van der Waals surface area contributed by atoms with E-state index in [1.54, 1.807) is 18.7 Å². The fraction of sp³-hybridized carbons (Fsp3) is 0.500. The van der Waals surface area contributed by atoms with Crippen LogP contribution in [0.15, 0.2) is 35.2 Å². The second-order valence-electron chi connectivity index (χ2n) is 7.24. The molecule has 0 saturated carbocycles. The number of H-pyrrole nitrogens is 1. The Balaban J connectivity index is 1.56. The Bertz CT molecular complexity index is 889. The molecule has 1 aliphatic heterocycles. The molecular weight excluding hydrogens is 376 g/mol. The molecule has 0 radical (unpaired) electrons. The van der Waals surface area contributed by atoms with Crippen molar-refractivity contribution in [2.75, 3.05) is 26.2 Å². The predicted octanol–water partition coefficient (Wildman–Crippen LogP) is 2.27. The first kappa shape index (κ1) is 20.5. The molecule has 2 heterocycles. The van der Waals surface area contributed by atoms with Gasteiger partial charge in [-0.15, -0.1) is 0 Å². The van der Waals surface area contributed by atoms with Crippen LogP contribution in [0.1, 0.15) is 36.2 Å². The number of sulfonamides is 1. The lowest BCUT2D eigenvalue weighted by atomic mass is 10.1. The second-order valence-corrected chi connectivity index (χ2v) is 9.12. The number of carbonyl (C=O) groups is 1. The zero-order chi connectivity index (χ0) is 20.1. The summed E-state index contributed by atoms with van der Waals surface area (Å²) in [6.07, 6.45) is 2.80. The molecule has 1 amide bonds. The Kier molecular flexibility index (Phi) is 6.51. The highest BCUT2D eigenvalue weighted by molar-refractivity contribution is 7.89. The summed E-state index contributed by atoms with van der Waals surface area (Å²) < 4.78 is 27.5. The molecule has 1 N–H and O–H groups in total. The number of hydrogen-bond acceptors (Lipinski definition) is 4. The van der Waals surface area contributed by atoms with E-state index >= 15 is 0 Å². The third-order valence-electron chi connectivity index (χ3n) is 5.16. The van der Waals surface area contributed by atoms with E-state index in [1.807, 2.05) is 18.2 Å². The van der Waals surface area contributed by atoms with Crippen LogP contribution < -0.4 is 0 Å². The van der Waals surface area contributed by atoms with E-state index in [0.29, 0.717) is 50.4 Å². The van der Waals surface area contributed by atoms with Gasteiger partial charge in [0.05, 0.1) is 11.4 Å². The predicted molar refractivity (Wildman–Crippen MR) is 107 cm³/mol. The van der Waals surface area contributed by atoms with Crippen molar-refractivity contribution < 1.29 is 13.2 Å². The van der Waals surface area contributed by atoms with E-state index in [-0.39, 0.29) is 10.8 Å². The first-order valence-electron chi connectivity index (χ1n) is 9.73. The second kappa shape index (κ2) is 8.87. The van der Waals surface area contributed by atoms with Gasteiger partial charge in [-0.25, -0.2) is 8.42 Å². The smallest absolute Gasteiger partial charge is 0.246 e. The molecular formula is C20H28N4O3S. The number of carbonyl (C=O) groups excluding carboxylic acids is 1. The van der Waals surface area contributed by atoms with Crippen LogP contribution in [-0.4, -0.2) is 59.9 Å². The number of aryl methyl sites for hydroxylation is 3. The molecule has 0 aliphatic carbocycles. The summed E-state index contributed by atoms with van der Waals surface area (Å²) in [6, 6.07) is 10.1. The molecule has 28 heavy (non-hydrogen) atoms. The lowest BCUT2D eigenvalue weighted by molar-refractivity contribution is -0.131. The largest absolute Gasteiger partial charge is 0.341 e. The van der Waals surface area contributed by atoms with Gasteiger partial charge in [-0.05, 0) is 38.7 Å². The molecule has 152 valence electrons. The lowest BCUT2D eigenvalue weighted by Gasteiger charge is -2.22. The van der Waals surface area contributed by atoms with E-state index in [1.165, 1.54) is 9.87 Å². The number of amides is 1. The van der Waals surface area contributed by atoms with Crippen molar-refractivity contribution in [3.63, 3.8) is 0 Å². The molecule has 3 rings (SSSR count). The van der Waals surface area contributed by atoms with E-state index in [9.17, 15) is 13.2 Å². The molecule has 1 aromatic carbocycles. The molecule has 0 atom stereocenters. The van der Waals surface area contributed by atoms with Gasteiger partial charge < -0.3 is 4.90 Å². The van der Waals surface area contributed by atoms with Crippen LogP contribution in [0.5, 0.6) is 0 Å². The Morgan fingerprint density at radius 1 is 1.11 bits per heavy atom. The average Bonchev–Trinajstić information content (AvgIpc) is 2.87. The first-order chi connectivity index (χ1) is 13.4. The van der Waals surface area contributed by atoms with Gasteiger partial charge in [0.15, 0.2) is 0 Å². The van der Waals surface area contributed by atoms with Gasteiger partial charge in [-0.2, -0.15) is 9.40 Å². The fourth-order valence-electron chi connectivity index (χ4n) is 3.68. The average molecular weight is 405 g/mol. The van der Waals surface area contributed by atoms with Crippen molar-refractivity contribution in [3.05, 3.63) is 47.3 Å². The summed E-state index contributed by atoms with van der Waals surface area (Å²) in [6.45, 7) is 5.17. The standard InChI is InChI=1S/C20H28N4O3S/c1-16-20(17(2)22-21-16)28(26,27)24-13-7-12-23(14-15-24)19(25)11-6-10-18-8-4-3-5-9-18/h3-5,8-9H,6-7,10-15H2,1-2H3,(H,21,22). The van der Waals surface area contributed by atoms with Gasteiger partial charge in [0.25, 0.3) is 0 Å². The summed E-state index contributed by atoms with van der Waals surface area (Å²) in [5.41, 5.74) is 2.26. The Morgan fingerprint density at radius 2 is 1.86 bits per heavy atom. The highest BCUT2D eigenvalue weighted by atomic mass is 32.2. The molecule has 7 nitrogen and oxygen atoms in total. The van der Waals surface area contributed by atoms with E-state index in [4.69, 9.17) is 0 Å². The van der Waals surface area contributed by atoms with Crippen LogP contribution in [0.2, 0.25) is 0 Å². The van der Waals surface area contributed by atoms with Crippen LogP contribution >= 0.6 is 0 Å². The Morgan fingerprint density at radius 3 is 2.54 bits per heavy atom. The van der Waals surface area contributed by atoms with Gasteiger partial charge >= 0.3 is 0 Å². The molecule has 1 aromatic heterocycles. The quantitative estimate of drug-likeness (QED) is 0.800. The molecule has 0 bridgehead atoms. The van der Waals surface area contributed by atoms with Crippen molar-refractivity contribution >= 4 is 15.9 Å². The molecule has 0 unspecified atom stereocenters. The van der Waals surface area contributed by atoms with Crippen LogP contribution in [-0.2, 0) is 21.2 Å². The van der Waals surface area contributed by atoms with Gasteiger partial charge in [0.1, 0.15) is 4.90 Å². The van der Waals surface area contributed by atoms with Gasteiger partial charge in [-0.3, -0.25) is 9.89 Å². The van der Waals surface area contributed by atoms with Crippen molar-refractivity contribution in [1.29, 1.82) is 0 Å². The summed E-state index contributed by atoms with van der Waals surface area (Å²) in [5.74, 6) is 0.103. The van der Waals surface area contributed by atoms with E-state index in [2.05, 4.69) is 22.3 Å². The van der Waals surface area contributed by atoms with Crippen molar-refractivity contribution in [2.45, 2.75) is 44.4 Å². The summed E-state index contributed by atoms with van der Waals surface area (Å²) in [5, 5.41) is 6.75. The van der Waals surface area contributed by atoms with Crippen LogP contribution in [0.4, 0.5) is 0 Å². The summed E-state index contributed by atoms with van der Waals surface area (Å²) in [4.78, 5) is 14.6. The highest BCUT2D eigenvalue weighted by Crippen LogP contribution is 2.23. The maximum absolute atomic E-state index is 13.0. The topological polar surface area (TPSA) is 86.4 Å². The molecule has 1 aliphatic rings. The number of benzene rings is 1. The van der Waals surface area contributed by atoms with Gasteiger partial charge in [0, 0.05) is 32.6 Å². The fourth-order valence-corrected chi connectivity index (χ4v) is 5.48. The molecule has 1 saturated heterocycles.